The highest BCUT2D eigenvalue weighted by atomic mass is 15.1. The summed E-state index contributed by atoms with van der Waals surface area (Å²) < 4.78 is 0. The molecule has 78 valence electrons. The molecule has 0 heterocycles. The molecule has 0 aliphatic rings. The summed E-state index contributed by atoms with van der Waals surface area (Å²) in [7, 11) is 2.16. The Hall–Kier alpha value is -0.340. The van der Waals surface area contributed by atoms with Gasteiger partial charge in [-0.05, 0) is 45.8 Å². The Labute approximate surface area is 82.8 Å². The Balaban J connectivity index is 3.28. The molecule has 2 nitrogen and oxygen atoms in total. The van der Waals surface area contributed by atoms with E-state index < -0.39 is 0 Å². The van der Waals surface area contributed by atoms with Crippen molar-refractivity contribution in [3.63, 3.8) is 0 Å². The van der Waals surface area contributed by atoms with Gasteiger partial charge in [-0.1, -0.05) is 13.0 Å². The molecule has 0 saturated heterocycles. The van der Waals surface area contributed by atoms with Crippen molar-refractivity contribution in [3.8, 4) is 0 Å². The summed E-state index contributed by atoms with van der Waals surface area (Å²) in [5, 5.41) is 0. The van der Waals surface area contributed by atoms with Gasteiger partial charge in [0.1, 0.15) is 0 Å². The molecule has 0 amide bonds. The van der Waals surface area contributed by atoms with Gasteiger partial charge >= 0.3 is 0 Å². The summed E-state index contributed by atoms with van der Waals surface area (Å²) in [6.45, 7) is 8.12. The van der Waals surface area contributed by atoms with E-state index in [4.69, 9.17) is 5.73 Å². The van der Waals surface area contributed by atoms with Crippen LogP contribution in [0.4, 0.5) is 0 Å². The van der Waals surface area contributed by atoms with Crippen LogP contribution in [-0.2, 0) is 0 Å². The van der Waals surface area contributed by atoms with Crippen LogP contribution >= 0.6 is 0 Å². The molecule has 0 spiro atoms. The number of hydrogen-bond acceptors (Lipinski definition) is 2. The van der Waals surface area contributed by atoms with Gasteiger partial charge in [0, 0.05) is 6.04 Å². The first-order valence-electron chi connectivity index (χ1n) is 5.25. The molecule has 0 fully saturated rings. The van der Waals surface area contributed by atoms with Gasteiger partial charge in [-0.2, -0.15) is 0 Å². The third kappa shape index (κ3) is 8.00. The van der Waals surface area contributed by atoms with E-state index in [1.165, 1.54) is 6.42 Å². The molecule has 0 saturated carbocycles. The van der Waals surface area contributed by atoms with E-state index in [-0.39, 0.29) is 0 Å². The lowest BCUT2D eigenvalue weighted by Crippen LogP contribution is -2.28. The molecule has 0 bridgehead atoms. The fourth-order valence-electron chi connectivity index (χ4n) is 1.21. The Morgan fingerprint density at radius 1 is 1.46 bits per heavy atom. The quantitative estimate of drug-likeness (QED) is 0.462. The van der Waals surface area contributed by atoms with Gasteiger partial charge < -0.3 is 10.6 Å². The van der Waals surface area contributed by atoms with Crippen molar-refractivity contribution in [2.75, 3.05) is 20.1 Å². The van der Waals surface area contributed by atoms with Crippen molar-refractivity contribution in [1.82, 2.24) is 4.90 Å². The molecular weight excluding hydrogens is 160 g/mol. The van der Waals surface area contributed by atoms with Crippen molar-refractivity contribution in [2.24, 2.45) is 5.73 Å². The number of nitrogens with two attached hydrogens (primary N) is 1. The first-order valence-corrected chi connectivity index (χ1v) is 5.25. The molecule has 13 heavy (non-hydrogen) atoms. The molecule has 0 aromatic heterocycles. The van der Waals surface area contributed by atoms with Gasteiger partial charge in [0.25, 0.3) is 0 Å². The van der Waals surface area contributed by atoms with E-state index in [0.717, 1.165) is 32.4 Å². The van der Waals surface area contributed by atoms with Crippen molar-refractivity contribution in [3.05, 3.63) is 12.7 Å². The topological polar surface area (TPSA) is 29.3 Å². The molecule has 0 aromatic rings. The molecule has 0 radical (unpaired) electrons. The van der Waals surface area contributed by atoms with Crippen LogP contribution in [0.1, 0.15) is 32.6 Å². The fourth-order valence-corrected chi connectivity index (χ4v) is 1.21. The van der Waals surface area contributed by atoms with Crippen molar-refractivity contribution in [1.29, 1.82) is 0 Å². The third-order valence-corrected chi connectivity index (χ3v) is 2.35. The van der Waals surface area contributed by atoms with Gasteiger partial charge in [0.05, 0.1) is 0 Å². The summed E-state index contributed by atoms with van der Waals surface area (Å²) >= 11 is 0. The maximum atomic E-state index is 5.83. The number of nitrogens with zero attached hydrogens (tertiary/aromatic N) is 1. The first-order chi connectivity index (χ1) is 6.20. The van der Waals surface area contributed by atoms with Crippen molar-refractivity contribution >= 4 is 0 Å². The van der Waals surface area contributed by atoms with E-state index >= 15 is 0 Å². The monoisotopic (exact) mass is 184 g/mol. The van der Waals surface area contributed by atoms with Crippen LogP contribution in [0.15, 0.2) is 12.7 Å². The standard InChI is InChI=1S/C11H24N2/c1-4-6-7-9-13(3)10-8-11(12)5-2/h4,11H,1,5-10,12H2,2-3H3. The van der Waals surface area contributed by atoms with Crippen LogP contribution < -0.4 is 5.73 Å². The predicted molar refractivity (Wildman–Crippen MR) is 59.8 cm³/mol. The van der Waals surface area contributed by atoms with Crippen LogP contribution in [0.25, 0.3) is 0 Å². The molecule has 2 N–H and O–H groups in total. The Bertz CT molecular complexity index is 123. The van der Waals surface area contributed by atoms with E-state index in [1.54, 1.807) is 0 Å². The van der Waals surface area contributed by atoms with Crippen molar-refractivity contribution in [2.45, 2.75) is 38.6 Å². The normalized spacial score (nSPS) is 13.2. The smallest absolute Gasteiger partial charge is 0.00483 e. The zero-order valence-electron chi connectivity index (χ0n) is 9.13. The van der Waals surface area contributed by atoms with Crippen molar-refractivity contribution < 1.29 is 0 Å². The molecule has 0 aliphatic heterocycles. The Morgan fingerprint density at radius 2 is 2.15 bits per heavy atom. The van der Waals surface area contributed by atoms with Crippen LogP contribution in [-0.4, -0.2) is 31.1 Å². The zero-order chi connectivity index (χ0) is 10.1. The summed E-state index contributed by atoms with van der Waals surface area (Å²) in [5.74, 6) is 0. The zero-order valence-corrected chi connectivity index (χ0v) is 9.13. The maximum absolute atomic E-state index is 5.83. The lowest BCUT2D eigenvalue weighted by molar-refractivity contribution is 0.313. The average molecular weight is 184 g/mol. The maximum Gasteiger partial charge on any atom is 0.00483 e. The van der Waals surface area contributed by atoms with Gasteiger partial charge in [-0.25, -0.2) is 0 Å². The van der Waals surface area contributed by atoms with Gasteiger partial charge in [-0.15, -0.1) is 6.58 Å². The SMILES string of the molecule is C=CCCCN(C)CCC(N)CC. The molecule has 0 aromatic carbocycles. The summed E-state index contributed by atoms with van der Waals surface area (Å²) in [6.07, 6.45) is 6.50. The molecule has 1 unspecified atom stereocenters. The van der Waals surface area contributed by atoms with E-state index in [9.17, 15) is 0 Å². The van der Waals surface area contributed by atoms with Crippen LogP contribution in [0.3, 0.4) is 0 Å². The molecular formula is C11H24N2. The Kier molecular flexibility index (Phi) is 8.05. The minimum absolute atomic E-state index is 0.377. The second-order valence-corrected chi connectivity index (χ2v) is 3.69. The minimum Gasteiger partial charge on any atom is -0.328 e. The highest BCUT2D eigenvalue weighted by Gasteiger charge is 2.01. The lowest BCUT2D eigenvalue weighted by Gasteiger charge is -2.18. The number of hydrogen-bond donors (Lipinski definition) is 1. The molecule has 0 rings (SSSR count). The van der Waals surface area contributed by atoms with E-state index in [2.05, 4.69) is 25.5 Å². The number of allylic oxidation sites excluding steroid dienone is 1. The first kappa shape index (κ1) is 12.7. The van der Waals surface area contributed by atoms with Crippen LogP contribution in [0.2, 0.25) is 0 Å². The highest BCUT2D eigenvalue weighted by molar-refractivity contribution is 4.67. The van der Waals surface area contributed by atoms with E-state index in [1.807, 2.05) is 6.08 Å². The van der Waals surface area contributed by atoms with Gasteiger partial charge in [0.15, 0.2) is 0 Å². The lowest BCUT2D eigenvalue weighted by atomic mass is 10.1. The largest absolute Gasteiger partial charge is 0.328 e. The second-order valence-electron chi connectivity index (χ2n) is 3.69. The second kappa shape index (κ2) is 8.27. The van der Waals surface area contributed by atoms with Crippen LogP contribution in [0.5, 0.6) is 0 Å². The third-order valence-electron chi connectivity index (χ3n) is 2.35. The predicted octanol–water partition coefficient (Wildman–Crippen LogP) is 2.01. The molecule has 0 aliphatic carbocycles. The summed E-state index contributed by atoms with van der Waals surface area (Å²) in [5.41, 5.74) is 5.83. The fraction of sp³-hybridized carbons (Fsp3) is 0.818. The Morgan fingerprint density at radius 3 is 2.69 bits per heavy atom. The summed E-state index contributed by atoms with van der Waals surface area (Å²) in [6, 6.07) is 0.377. The highest BCUT2D eigenvalue weighted by Crippen LogP contribution is 1.98. The molecule has 2 heteroatoms. The average Bonchev–Trinajstić information content (AvgIpc) is 2.14. The van der Waals surface area contributed by atoms with Gasteiger partial charge in [0.2, 0.25) is 0 Å². The number of rotatable bonds is 8. The minimum atomic E-state index is 0.377. The van der Waals surface area contributed by atoms with E-state index in [0.29, 0.717) is 6.04 Å². The summed E-state index contributed by atoms with van der Waals surface area (Å²) in [4.78, 5) is 2.35. The van der Waals surface area contributed by atoms with Gasteiger partial charge in [-0.3, -0.25) is 0 Å². The number of unbranched alkanes of at least 4 members (excludes halogenated alkanes) is 1. The van der Waals surface area contributed by atoms with Crippen LogP contribution in [0, 0.1) is 0 Å². The molecule has 1 atom stereocenters.